The smallest absolute Gasteiger partial charge is 0.661 e. The van der Waals surface area contributed by atoms with E-state index in [0.717, 1.165) is 6.07 Å². The van der Waals surface area contributed by atoms with E-state index in [2.05, 4.69) is 9.78 Å². The number of carbonyl (C=O) groups excluding carboxylic acids is 3. The van der Waals surface area contributed by atoms with Crippen LogP contribution in [0.4, 0.5) is 0 Å². The Balaban J connectivity index is 0.000000449. The first-order valence-electron chi connectivity index (χ1n) is 6.17. The fourth-order valence-corrected chi connectivity index (χ4v) is 1.77. The second-order valence-corrected chi connectivity index (χ2v) is 4.47. The third-order valence-corrected chi connectivity index (χ3v) is 2.95. The number of rotatable bonds is 3. The van der Waals surface area contributed by atoms with Crippen molar-refractivity contribution in [1.82, 2.24) is 0 Å². The molecule has 0 saturated carbocycles. The van der Waals surface area contributed by atoms with Crippen molar-refractivity contribution in [3.63, 3.8) is 0 Å². The average molecular weight is 377 g/mol. The van der Waals surface area contributed by atoms with Crippen molar-refractivity contribution in [3.05, 3.63) is 70.2 Å². The number of aromatic carboxylic acids is 1. The van der Waals surface area contributed by atoms with E-state index in [1.807, 2.05) is 0 Å². The number of halogens is 1. The maximum Gasteiger partial charge on any atom is 2.00 e. The fraction of sp³-hybridized carbons (Fsp3) is 0. The molecule has 0 atom stereocenters. The SMILES string of the molecule is O=C(OO)c1ccccc1Cl.O=C([O-])c1ccccc1C(=O)O[O-].[Mg+2]. The van der Waals surface area contributed by atoms with Crippen LogP contribution in [0.5, 0.6) is 0 Å². The molecule has 0 unspecified atom stereocenters. The third-order valence-electron chi connectivity index (χ3n) is 2.62. The largest absolute Gasteiger partial charge is 2.00 e. The van der Waals surface area contributed by atoms with E-state index in [4.69, 9.17) is 16.9 Å². The zero-order chi connectivity index (χ0) is 18.1. The van der Waals surface area contributed by atoms with Crippen molar-refractivity contribution in [2.24, 2.45) is 0 Å². The molecule has 2 rings (SSSR count). The fourth-order valence-electron chi connectivity index (χ4n) is 1.56. The molecular weight excluding hydrogens is 368 g/mol. The minimum Gasteiger partial charge on any atom is -0.661 e. The van der Waals surface area contributed by atoms with E-state index in [1.54, 1.807) is 12.1 Å². The molecule has 0 amide bonds. The summed E-state index contributed by atoms with van der Waals surface area (Å²) >= 11 is 5.59. The van der Waals surface area contributed by atoms with Gasteiger partial charge in [0.25, 0.3) is 0 Å². The van der Waals surface area contributed by atoms with Crippen LogP contribution in [0.3, 0.4) is 0 Å². The maximum absolute atomic E-state index is 10.7. The Bertz CT molecular complexity index is 750. The van der Waals surface area contributed by atoms with E-state index in [-0.39, 0.29) is 44.8 Å². The molecule has 8 nitrogen and oxygen atoms in total. The first-order valence-corrected chi connectivity index (χ1v) is 6.55. The van der Waals surface area contributed by atoms with Crippen molar-refractivity contribution >= 4 is 52.6 Å². The summed E-state index contributed by atoms with van der Waals surface area (Å²) in [5.41, 5.74) is -0.516. The van der Waals surface area contributed by atoms with Crippen LogP contribution in [-0.2, 0) is 9.78 Å². The van der Waals surface area contributed by atoms with Gasteiger partial charge < -0.3 is 20.0 Å². The molecule has 126 valence electrons. The minimum atomic E-state index is -1.53. The summed E-state index contributed by atoms with van der Waals surface area (Å²) in [5.74, 6) is -3.61. The molecule has 0 spiro atoms. The van der Waals surface area contributed by atoms with E-state index in [0.29, 0.717) is 0 Å². The van der Waals surface area contributed by atoms with Gasteiger partial charge in [0.2, 0.25) is 0 Å². The molecule has 0 fully saturated rings. The standard InChI is InChI=1S/C8H6O5.C7H5ClO3.Mg/c9-7(10)5-3-1-2-4-6(5)8(11)13-12;8-6-4-2-1-3-5(6)7(9)11-10;/h1-4,12H,(H,9,10);1-4,10H;/q;;+2/p-2. The number of hydrogen-bond acceptors (Lipinski definition) is 8. The average Bonchev–Trinajstić information content (AvgIpc) is 2.61. The maximum atomic E-state index is 10.7. The van der Waals surface area contributed by atoms with Crippen LogP contribution in [0.15, 0.2) is 48.5 Å². The summed E-state index contributed by atoms with van der Waals surface area (Å²) in [6.07, 6.45) is 0. The summed E-state index contributed by atoms with van der Waals surface area (Å²) in [4.78, 5) is 38.5. The van der Waals surface area contributed by atoms with Gasteiger partial charge in [-0.3, -0.25) is 4.89 Å². The molecule has 0 aromatic heterocycles. The molecule has 1 N–H and O–H groups in total. The summed E-state index contributed by atoms with van der Waals surface area (Å²) in [6, 6.07) is 11.4. The molecule has 0 aliphatic rings. The molecule has 0 aliphatic heterocycles. The van der Waals surface area contributed by atoms with Crippen molar-refractivity contribution in [3.8, 4) is 0 Å². The third kappa shape index (κ3) is 6.68. The first kappa shape index (κ1) is 22.8. The molecule has 25 heavy (non-hydrogen) atoms. The topological polar surface area (TPSA) is 136 Å². The van der Waals surface area contributed by atoms with Crippen molar-refractivity contribution < 1.29 is 39.8 Å². The molecule has 0 bridgehead atoms. The Labute approximate surface area is 162 Å². The predicted molar refractivity (Wildman–Crippen MR) is 81.4 cm³/mol. The van der Waals surface area contributed by atoms with Gasteiger partial charge in [0.1, 0.15) is 0 Å². The minimum absolute atomic E-state index is 0. The normalized spacial score (nSPS) is 8.92. The quantitative estimate of drug-likeness (QED) is 0.451. The van der Waals surface area contributed by atoms with Gasteiger partial charge in [0.05, 0.1) is 22.1 Å². The summed E-state index contributed by atoms with van der Waals surface area (Å²) < 4.78 is 0. The Morgan fingerprint density at radius 1 is 0.880 bits per heavy atom. The Morgan fingerprint density at radius 2 is 1.36 bits per heavy atom. The van der Waals surface area contributed by atoms with Gasteiger partial charge in [-0.2, -0.15) is 5.26 Å². The Hall–Kier alpha value is -2.17. The van der Waals surface area contributed by atoms with E-state index < -0.39 is 17.9 Å². The van der Waals surface area contributed by atoms with Crippen LogP contribution in [0, 0.1) is 0 Å². The van der Waals surface area contributed by atoms with Crippen LogP contribution in [0.2, 0.25) is 5.02 Å². The molecule has 2 aromatic rings. The summed E-state index contributed by atoms with van der Waals surface area (Å²) in [6.45, 7) is 0. The van der Waals surface area contributed by atoms with Gasteiger partial charge in [0, 0.05) is 5.56 Å². The Morgan fingerprint density at radius 3 is 1.80 bits per heavy atom. The number of carbonyl (C=O) groups is 3. The molecule has 0 saturated heterocycles. The Kier molecular flexibility index (Phi) is 10.4. The molecule has 0 heterocycles. The van der Waals surface area contributed by atoms with Crippen LogP contribution >= 0.6 is 11.6 Å². The number of benzene rings is 2. The van der Waals surface area contributed by atoms with Crippen LogP contribution in [0.1, 0.15) is 31.1 Å². The van der Waals surface area contributed by atoms with Crippen LogP contribution in [0.25, 0.3) is 0 Å². The second-order valence-electron chi connectivity index (χ2n) is 4.06. The van der Waals surface area contributed by atoms with Gasteiger partial charge >= 0.3 is 35.0 Å². The monoisotopic (exact) mass is 376 g/mol. The summed E-state index contributed by atoms with van der Waals surface area (Å²) in [5, 5.41) is 28.4. The van der Waals surface area contributed by atoms with Gasteiger partial charge in [0.15, 0.2) is 0 Å². The number of hydrogen-bond donors (Lipinski definition) is 1. The first-order chi connectivity index (χ1) is 11.4. The van der Waals surface area contributed by atoms with Crippen LogP contribution in [-0.4, -0.2) is 46.2 Å². The van der Waals surface area contributed by atoms with Gasteiger partial charge in [-0.15, -0.1) is 0 Å². The van der Waals surface area contributed by atoms with Gasteiger partial charge in [-0.25, -0.2) is 9.59 Å². The van der Waals surface area contributed by atoms with Crippen molar-refractivity contribution in [2.45, 2.75) is 0 Å². The molecule has 0 radical (unpaired) electrons. The van der Waals surface area contributed by atoms with E-state index in [9.17, 15) is 24.7 Å². The molecule has 0 aliphatic carbocycles. The van der Waals surface area contributed by atoms with Crippen LogP contribution < -0.4 is 10.4 Å². The molecule has 2 aromatic carbocycles. The predicted octanol–water partition coefficient (Wildman–Crippen LogP) is 0.0712. The van der Waals surface area contributed by atoms with Gasteiger partial charge in [-0.05, 0) is 18.2 Å². The second kappa shape index (κ2) is 11.4. The van der Waals surface area contributed by atoms with Gasteiger partial charge in [-0.1, -0.05) is 41.9 Å². The van der Waals surface area contributed by atoms with E-state index in [1.165, 1.54) is 30.3 Å². The molecular formula is C15H9ClMgO8. The van der Waals surface area contributed by atoms with Crippen molar-refractivity contribution in [1.29, 1.82) is 0 Å². The number of carboxylic acids is 1. The van der Waals surface area contributed by atoms with Crippen molar-refractivity contribution in [2.75, 3.05) is 0 Å². The molecule has 10 heteroatoms. The van der Waals surface area contributed by atoms with E-state index >= 15 is 0 Å². The zero-order valence-corrected chi connectivity index (χ0v) is 14.7. The summed E-state index contributed by atoms with van der Waals surface area (Å²) in [7, 11) is 0. The zero-order valence-electron chi connectivity index (χ0n) is 12.5. The number of carboxylic acid groups (broad SMARTS) is 1.